The van der Waals surface area contributed by atoms with E-state index in [-0.39, 0.29) is 23.5 Å². The molecule has 0 spiro atoms. The van der Waals surface area contributed by atoms with E-state index in [0.717, 1.165) is 34.3 Å². The number of Topliss-reactive ketones (excluding diaryl/α,β-unsaturated/α-hetero) is 1. The number of aromatic nitrogens is 3. The van der Waals surface area contributed by atoms with Crippen LogP contribution in [0.1, 0.15) is 42.9 Å². The molecule has 2 atom stereocenters. The topological polar surface area (TPSA) is 109 Å². The number of hydrogen-bond donors (Lipinski definition) is 3. The summed E-state index contributed by atoms with van der Waals surface area (Å²) >= 11 is 0. The molecule has 38 heavy (non-hydrogen) atoms. The van der Waals surface area contributed by atoms with Crippen molar-refractivity contribution in [3.63, 3.8) is 0 Å². The second-order valence-electron chi connectivity index (χ2n) is 9.65. The summed E-state index contributed by atoms with van der Waals surface area (Å²) in [5.41, 5.74) is 3.98. The van der Waals surface area contributed by atoms with Crippen LogP contribution in [-0.2, 0) is 9.53 Å². The van der Waals surface area contributed by atoms with Gasteiger partial charge in [-0.15, -0.1) is 0 Å². The predicted molar refractivity (Wildman–Crippen MR) is 149 cm³/mol. The van der Waals surface area contributed by atoms with Crippen LogP contribution in [-0.4, -0.2) is 39.8 Å². The van der Waals surface area contributed by atoms with Crippen LogP contribution in [0.5, 0.6) is 0 Å². The standard InChI is InChI=1S/C30H31N5O3/c1-3-19(2)29(37)27-16-22-14-23(9-10-25(22)34-27)33-30-31-12-11-26(35-30)21-7-5-4-6-8-24(15-21)38-18-20-13-28(36)32-17-20/h4-12,14-16,19-20,34H,3,13,17-18H2,1-2H3,(H,32,36)(H,31,33,35). The number of aromatic amines is 1. The fourth-order valence-electron chi connectivity index (χ4n) is 4.37. The molecule has 1 fully saturated rings. The number of carbonyl (C=O) groups excluding carboxylic acids is 2. The number of benzene rings is 1. The van der Waals surface area contributed by atoms with Crippen molar-refractivity contribution in [2.45, 2.75) is 26.7 Å². The van der Waals surface area contributed by atoms with Gasteiger partial charge in [0.2, 0.25) is 11.9 Å². The number of hydrogen-bond acceptors (Lipinski definition) is 6. The Morgan fingerprint density at radius 3 is 2.92 bits per heavy atom. The summed E-state index contributed by atoms with van der Waals surface area (Å²) in [4.78, 5) is 36.4. The molecule has 8 nitrogen and oxygen atoms in total. The van der Waals surface area contributed by atoms with Gasteiger partial charge in [0.15, 0.2) is 5.78 Å². The molecule has 1 saturated heterocycles. The Kier molecular flexibility index (Phi) is 7.49. The van der Waals surface area contributed by atoms with E-state index in [0.29, 0.717) is 37.0 Å². The fraction of sp³-hybridized carbons (Fsp3) is 0.267. The van der Waals surface area contributed by atoms with Crippen molar-refractivity contribution < 1.29 is 14.3 Å². The van der Waals surface area contributed by atoms with Crippen molar-refractivity contribution in [2.75, 3.05) is 18.5 Å². The molecular weight excluding hydrogens is 478 g/mol. The van der Waals surface area contributed by atoms with Crippen LogP contribution >= 0.6 is 0 Å². The minimum absolute atomic E-state index is 0.0198. The van der Waals surface area contributed by atoms with E-state index in [4.69, 9.17) is 9.72 Å². The van der Waals surface area contributed by atoms with E-state index in [9.17, 15) is 9.59 Å². The smallest absolute Gasteiger partial charge is 0.227 e. The summed E-state index contributed by atoms with van der Waals surface area (Å²) in [5.74, 6) is 1.50. The number of anilines is 2. The van der Waals surface area contributed by atoms with Gasteiger partial charge in [-0.1, -0.05) is 38.2 Å². The van der Waals surface area contributed by atoms with Gasteiger partial charge in [-0.25, -0.2) is 9.97 Å². The minimum atomic E-state index is -0.0198. The van der Waals surface area contributed by atoms with Crippen LogP contribution in [0.15, 0.2) is 78.7 Å². The predicted octanol–water partition coefficient (Wildman–Crippen LogP) is 5.48. The normalized spacial score (nSPS) is 17.8. The highest BCUT2D eigenvalue weighted by Gasteiger charge is 2.22. The number of amides is 1. The SMILES string of the molecule is CCC(C)C(=O)c1cc2cc(Nc3nccc(C4=CC(OCC5CNC(=O)C5)=CC=CC=C4)n3)ccc2[nH]1. The minimum Gasteiger partial charge on any atom is -0.493 e. The summed E-state index contributed by atoms with van der Waals surface area (Å²) in [5, 5.41) is 7.07. The fourth-order valence-corrected chi connectivity index (χ4v) is 4.37. The van der Waals surface area contributed by atoms with Crippen LogP contribution < -0.4 is 10.6 Å². The average Bonchev–Trinajstić information content (AvgIpc) is 3.53. The first-order valence-electron chi connectivity index (χ1n) is 12.9. The Labute approximate surface area is 221 Å². The molecule has 1 aliphatic carbocycles. The molecule has 5 rings (SSSR count). The van der Waals surface area contributed by atoms with E-state index in [1.54, 1.807) is 6.20 Å². The van der Waals surface area contributed by atoms with Crippen molar-refractivity contribution in [1.82, 2.24) is 20.3 Å². The molecule has 0 bridgehead atoms. The first-order valence-corrected chi connectivity index (χ1v) is 12.9. The summed E-state index contributed by atoms with van der Waals surface area (Å²) in [6.45, 7) is 5.07. The molecule has 3 heterocycles. The maximum absolute atomic E-state index is 12.6. The third-order valence-electron chi connectivity index (χ3n) is 6.76. The first kappa shape index (κ1) is 25.2. The van der Waals surface area contributed by atoms with Crippen LogP contribution in [0.4, 0.5) is 11.6 Å². The van der Waals surface area contributed by atoms with Crippen molar-refractivity contribution in [3.05, 3.63) is 90.1 Å². The molecular formula is C30H31N5O3. The van der Waals surface area contributed by atoms with Crippen molar-refractivity contribution in [3.8, 4) is 0 Å². The summed E-state index contributed by atoms with van der Waals surface area (Å²) in [6.07, 6.45) is 14.6. The summed E-state index contributed by atoms with van der Waals surface area (Å²) < 4.78 is 6.03. The van der Waals surface area contributed by atoms with Gasteiger partial charge in [-0.05, 0) is 48.9 Å². The molecule has 1 amide bonds. The number of H-pyrrole nitrogens is 1. The molecule has 1 aliphatic heterocycles. The van der Waals surface area contributed by atoms with Gasteiger partial charge in [0.25, 0.3) is 0 Å². The number of ketones is 1. The maximum atomic E-state index is 12.6. The summed E-state index contributed by atoms with van der Waals surface area (Å²) in [7, 11) is 0. The zero-order valence-corrected chi connectivity index (χ0v) is 21.5. The van der Waals surface area contributed by atoms with Gasteiger partial charge in [-0.2, -0.15) is 0 Å². The zero-order chi connectivity index (χ0) is 26.5. The molecule has 3 aromatic rings. The monoisotopic (exact) mass is 509 g/mol. The van der Waals surface area contributed by atoms with Gasteiger partial charge >= 0.3 is 0 Å². The molecule has 0 radical (unpaired) electrons. The van der Waals surface area contributed by atoms with E-state index in [1.807, 2.05) is 80.6 Å². The second-order valence-corrected chi connectivity index (χ2v) is 9.65. The van der Waals surface area contributed by atoms with Crippen molar-refractivity contribution in [1.29, 1.82) is 0 Å². The van der Waals surface area contributed by atoms with E-state index < -0.39 is 0 Å². The Morgan fingerprint density at radius 2 is 2.11 bits per heavy atom. The molecule has 194 valence electrons. The number of fused-ring (bicyclic) bond motifs is 1. The van der Waals surface area contributed by atoms with Gasteiger partial charge in [-0.3, -0.25) is 9.59 Å². The highest BCUT2D eigenvalue weighted by molar-refractivity contribution is 6.01. The Hall–Kier alpha value is -4.46. The Balaban J connectivity index is 1.32. The van der Waals surface area contributed by atoms with E-state index >= 15 is 0 Å². The largest absolute Gasteiger partial charge is 0.493 e. The molecule has 3 N–H and O–H groups in total. The molecule has 1 aromatic carbocycles. The lowest BCUT2D eigenvalue weighted by atomic mass is 10.0. The van der Waals surface area contributed by atoms with Crippen LogP contribution in [0.25, 0.3) is 16.5 Å². The zero-order valence-electron chi connectivity index (χ0n) is 21.5. The lowest BCUT2D eigenvalue weighted by Crippen LogP contribution is -2.15. The lowest BCUT2D eigenvalue weighted by Gasteiger charge is -2.13. The molecule has 8 heteroatoms. The van der Waals surface area contributed by atoms with Crippen molar-refractivity contribution in [2.24, 2.45) is 11.8 Å². The lowest BCUT2D eigenvalue weighted by molar-refractivity contribution is -0.119. The third kappa shape index (κ3) is 5.91. The Bertz CT molecular complexity index is 1480. The second kappa shape index (κ2) is 11.3. The number of allylic oxidation sites excluding steroid dienone is 7. The average molecular weight is 510 g/mol. The highest BCUT2D eigenvalue weighted by atomic mass is 16.5. The number of carbonyl (C=O) groups is 2. The number of nitrogens with zero attached hydrogens (tertiary/aromatic N) is 2. The molecule has 2 aromatic heterocycles. The van der Waals surface area contributed by atoms with Crippen LogP contribution in [0.2, 0.25) is 0 Å². The highest BCUT2D eigenvalue weighted by Crippen LogP contribution is 2.25. The number of ether oxygens (including phenoxy) is 1. The van der Waals surface area contributed by atoms with E-state index in [1.165, 1.54) is 0 Å². The van der Waals surface area contributed by atoms with Gasteiger partial charge in [0.05, 0.1) is 18.0 Å². The quantitative estimate of drug-likeness (QED) is 0.330. The summed E-state index contributed by atoms with van der Waals surface area (Å²) in [6, 6.07) is 9.61. The van der Waals surface area contributed by atoms with Crippen molar-refractivity contribution >= 4 is 39.8 Å². The van der Waals surface area contributed by atoms with Gasteiger partial charge in [0.1, 0.15) is 5.76 Å². The van der Waals surface area contributed by atoms with Crippen LogP contribution in [0.3, 0.4) is 0 Å². The van der Waals surface area contributed by atoms with Gasteiger partial charge in [0, 0.05) is 53.2 Å². The third-order valence-corrected chi connectivity index (χ3v) is 6.76. The molecule has 2 aliphatic rings. The number of nitrogens with one attached hydrogen (secondary N) is 3. The maximum Gasteiger partial charge on any atom is 0.227 e. The molecule has 0 saturated carbocycles. The molecule has 2 unspecified atom stereocenters. The number of rotatable bonds is 9. The van der Waals surface area contributed by atoms with E-state index in [2.05, 4.69) is 20.6 Å². The Morgan fingerprint density at radius 1 is 1.21 bits per heavy atom. The van der Waals surface area contributed by atoms with Gasteiger partial charge < -0.3 is 20.4 Å². The first-order chi connectivity index (χ1) is 18.5. The van der Waals surface area contributed by atoms with Crippen LogP contribution in [0, 0.1) is 11.8 Å².